The van der Waals surface area contributed by atoms with Crippen molar-refractivity contribution in [3.8, 4) is 0 Å². The molecule has 1 atom stereocenters. The Morgan fingerprint density at radius 2 is 1.64 bits per heavy atom. The average molecular weight is 514 g/mol. The maximum Gasteiger partial charge on any atom is 0.416 e. The zero-order valence-electron chi connectivity index (χ0n) is 21.9. The standard InChI is InChI=1S/C28H39N3O4S/c1-21-13-16-24(17-14-21)36(33,34)30-19-9-8-12-25(30)22-15-18-26(29-20-22)31(23-10-6-5-7-11-23)27(32)35-28(2,3)4/h13-18,20,23,25H,5-12,19H2,1-4H3. The van der Waals surface area contributed by atoms with E-state index in [4.69, 9.17) is 4.74 Å². The second-order valence-corrected chi connectivity index (χ2v) is 12.9. The molecule has 0 spiro atoms. The van der Waals surface area contributed by atoms with Crippen LogP contribution in [0.15, 0.2) is 47.5 Å². The van der Waals surface area contributed by atoms with Crippen LogP contribution in [0.2, 0.25) is 0 Å². The van der Waals surface area contributed by atoms with E-state index >= 15 is 0 Å². The number of rotatable bonds is 5. The van der Waals surface area contributed by atoms with Crippen molar-refractivity contribution in [2.45, 2.75) is 102 Å². The number of amides is 1. The van der Waals surface area contributed by atoms with Gasteiger partial charge < -0.3 is 4.74 Å². The molecular weight excluding hydrogens is 474 g/mol. The number of carbonyl (C=O) groups excluding carboxylic acids is 1. The number of pyridine rings is 1. The molecule has 8 heteroatoms. The van der Waals surface area contributed by atoms with E-state index in [1.165, 1.54) is 6.42 Å². The first kappa shape index (κ1) is 26.6. The molecule has 1 saturated carbocycles. The Kier molecular flexibility index (Phi) is 8.05. The van der Waals surface area contributed by atoms with Gasteiger partial charge in [-0.25, -0.2) is 18.2 Å². The van der Waals surface area contributed by atoms with Gasteiger partial charge in [0.1, 0.15) is 11.4 Å². The van der Waals surface area contributed by atoms with Gasteiger partial charge in [0.2, 0.25) is 10.0 Å². The fourth-order valence-corrected chi connectivity index (χ4v) is 6.87. The number of aromatic nitrogens is 1. The highest BCUT2D eigenvalue weighted by atomic mass is 32.2. The minimum atomic E-state index is -3.63. The lowest BCUT2D eigenvalue weighted by Crippen LogP contribution is -2.45. The molecule has 1 aromatic carbocycles. The molecule has 2 aromatic rings. The van der Waals surface area contributed by atoms with Gasteiger partial charge in [0.05, 0.1) is 10.9 Å². The molecule has 1 aliphatic carbocycles. The highest BCUT2D eigenvalue weighted by Crippen LogP contribution is 2.36. The van der Waals surface area contributed by atoms with Gasteiger partial charge in [0.25, 0.3) is 0 Å². The molecule has 1 aliphatic heterocycles. The third-order valence-corrected chi connectivity index (χ3v) is 8.94. The van der Waals surface area contributed by atoms with Gasteiger partial charge in [-0.1, -0.05) is 49.4 Å². The Balaban J connectivity index is 1.61. The predicted molar refractivity (Wildman–Crippen MR) is 141 cm³/mol. The fraction of sp³-hybridized carbons (Fsp3) is 0.571. The van der Waals surface area contributed by atoms with E-state index < -0.39 is 15.6 Å². The molecule has 2 aliphatic rings. The van der Waals surface area contributed by atoms with Crippen molar-refractivity contribution in [1.82, 2.24) is 9.29 Å². The molecule has 1 amide bonds. The summed E-state index contributed by atoms with van der Waals surface area (Å²) in [6, 6.07) is 10.6. The van der Waals surface area contributed by atoms with Gasteiger partial charge in [-0.3, -0.25) is 4.90 Å². The van der Waals surface area contributed by atoms with Crippen LogP contribution in [0.25, 0.3) is 0 Å². The van der Waals surface area contributed by atoms with Crippen molar-refractivity contribution in [2.75, 3.05) is 11.4 Å². The predicted octanol–water partition coefficient (Wildman–Crippen LogP) is 6.38. The summed E-state index contributed by atoms with van der Waals surface area (Å²) in [5.41, 5.74) is 1.27. The van der Waals surface area contributed by atoms with E-state index in [0.717, 1.165) is 56.1 Å². The molecular formula is C28H39N3O4S. The minimum Gasteiger partial charge on any atom is -0.443 e. The van der Waals surface area contributed by atoms with Crippen molar-refractivity contribution in [3.05, 3.63) is 53.7 Å². The molecule has 4 rings (SSSR count). The zero-order valence-corrected chi connectivity index (χ0v) is 22.8. The Bertz CT molecular complexity index is 1130. The van der Waals surface area contributed by atoms with Crippen LogP contribution in [0.1, 0.15) is 89.3 Å². The maximum atomic E-state index is 13.5. The molecule has 36 heavy (non-hydrogen) atoms. The van der Waals surface area contributed by atoms with Crippen LogP contribution in [0.4, 0.5) is 10.6 Å². The summed E-state index contributed by atoms with van der Waals surface area (Å²) in [7, 11) is -3.63. The third-order valence-electron chi connectivity index (χ3n) is 7.01. The van der Waals surface area contributed by atoms with Crippen molar-refractivity contribution >= 4 is 21.9 Å². The van der Waals surface area contributed by atoms with Crippen molar-refractivity contribution in [1.29, 1.82) is 0 Å². The number of hydrogen-bond acceptors (Lipinski definition) is 5. The summed E-state index contributed by atoms with van der Waals surface area (Å²) in [6.07, 6.45) is 9.08. The van der Waals surface area contributed by atoms with Crippen LogP contribution in [0, 0.1) is 6.92 Å². The third kappa shape index (κ3) is 6.09. The highest BCUT2D eigenvalue weighted by molar-refractivity contribution is 7.89. The number of benzene rings is 1. The fourth-order valence-electron chi connectivity index (χ4n) is 5.19. The molecule has 0 radical (unpaired) electrons. The summed E-state index contributed by atoms with van der Waals surface area (Å²) < 4.78 is 34.4. The van der Waals surface area contributed by atoms with Crippen LogP contribution in [-0.4, -0.2) is 42.0 Å². The minimum absolute atomic E-state index is 0.0556. The molecule has 1 saturated heterocycles. The number of carbonyl (C=O) groups is 1. The van der Waals surface area contributed by atoms with Crippen molar-refractivity contribution in [2.24, 2.45) is 0 Å². The Morgan fingerprint density at radius 3 is 2.25 bits per heavy atom. The number of hydrogen-bond donors (Lipinski definition) is 0. The van der Waals surface area contributed by atoms with Gasteiger partial charge in [-0.05, 0) is 77.1 Å². The summed E-state index contributed by atoms with van der Waals surface area (Å²) in [5.74, 6) is 0.559. The summed E-state index contributed by atoms with van der Waals surface area (Å²) >= 11 is 0. The summed E-state index contributed by atoms with van der Waals surface area (Å²) in [6.45, 7) is 8.03. The quantitative estimate of drug-likeness (QED) is 0.463. The topological polar surface area (TPSA) is 79.8 Å². The smallest absolute Gasteiger partial charge is 0.416 e. The van der Waals surface area contributed by atoms with Gasteiger partial charge in [-0.2, -0.15) is 4.31 Å². The molecule has 0 N–H and O–H groups in total. The second kappa shape index (κ2) is 10.9. The number of anilines is 1. The lowest BCUT2D eigenvalue weighted by atomic mass is 9.94. The highest BCUT2D eigenvalue weighted by Gasteiger charge is 2.36. The van der Waals surface area contributed by atoms with Crippen LogP contribution in [-0.2, 0) is 14.8 Å². The van der Waals surface area contributed by atoms with Gasteiger partial charge in [-0.15, -0.1) is 0 Å². The van der Waals surface area contributed by atoms with Crippen molar-refractivity contribution in [3.63, 3.8) is 0 Å². The van der Waals surface area contributed by atoms with E-state index in [1.807, 2.05) is 52.0 Å². The summed E-state index contributed by atoms with van der Waals surface area (Å²) in [5, 5.41) is 0. The lowest BCUT2D eigenvalue weighted by Gasteiger charge is -2.36. The van der Waals surface area contributed by atoms with Crippen LogP contribution in [0.3, 0.4) is 0 Å². The Hall–Kier alpha value is -2.45. The second-order valence-electron chi connectivity index (χ2n) is 11.0. The van der Waals surface area contributed by atoms with E-state index in [0.29, 0.717) is 17.3 Å². The molecule has 2 heterocycles. The van der Waals surface area contributed by atoms with Crippen LogP contribution < -0.4 is 4.90 Å². The van der Waals surface area contributed by atoms with E-state index in [1.54, 1.807) is 27.5 Å². The molecule has 2 fully saturated rings. The molecule has 1 aromatic heterocycles. The number of aryl methyl sites for hydroxylation is 1. The first-order chi connectivity index (χ1) is 17.1. The van der Waals surface area contributed by atoms with E-state index in [9.17, 15) is 13.2 Å². The lowest BCUT2D eigenvalue weighted by molar-refractivity contribution is 0.0556. The normalized spacial score (nSPS) is 20.2. The van der Waals surface area contributed by atoms with Crippen LogP contribution >= 0.6 is 0 Å². The largest absolute Gasteiger partial charge is 0.443 e. The van der Waals surface area contributed by atoms with Gasteiger partial charge in [0, 0.05) is 18.8 Å². The average Bonchev–Trinajstić information content (AvgIpc) is 2.84. The number of nitrogens with zero attached hydrogens (tertiary/aromatic N) is 3. The SMILES string of the molecule is Cc1ccc(S(=O)(=O)N2CCCCC2c2ccc(N(C(=O)OC(C)(C)C)C3CCCCC3)nc2)cc1. The molecule has 7 nitrogen and oxygen atoms in total. The van der Waals surface area contributed by atoms with Crippen LogP contribution in [0.5, 0.6) is 0 Å². The van der Waals surface area contributed by atoms with Gasteiger partial charge >= 0.3 is 6.09 Å². The maximum absolute atomic E-state index is 13.5. The first-order valence-corrected chi connectivity index (χ1v) is 14.6. The van der Waals surface area contributed by atoms with E-state index in [2.05, 4.69) is 4.98 Å². The van der Waals surface area contributed by atoms with Gasteiger partial charge in [0.15, 0.2) is 0 Å². The zero-order chi connectivity index (χ0) is 25.9. The molecule has 0 bridgehead atoms. The first-order valence-electron chi connectivity index (χ1n) is 13.1. The molecule has 196 valence electrons. The number of ether oxygens (including phenoxy) is 1. The monoisotopic (exact) mass is 513 g/mol. The summed E-state index contributed by atoms with van der Waals surface area (Å²) in [4.78, 5) is 19.9. The number of piperidine rings is 1. The number of sulfonamides is 1. The Labute approximate surface area is 215 Å². The molecule has 1 unspecified atom stereocenters. The Morgan fingerprint density at radius 1 is 0.972 bits per heavy atom. The van der Waals surface area contributed by atoms with Crippen molar-refractivity contribution < 1.29 is 17.9 Å². The van der Waals surface area contributed by atoms with E-state index in [-0.39, 0.29) is 18.2 Å².